The fourth-order valence-electron chi connectivity index (χ4n) is 3.65. The summed E-state index contributed by atoms with van der Waals surface area (Å²) in [7, 11) is 0. The van der Waals surface area contributed by atoms with E-state index in [0.717, 1.165) is 43.1 Å². The number of halogens is 4. The third-order valence-electron chi connectivity index (χ3n) is 5.00. The van der Waals surface area contributed by atoms with Crippen LogP contribution in [-0.2, 0) is 15.8 Å². The molecule has 3 rings (SSSR count). The Morgan fingerprint density at radius 1 is 1.19 bits per heavy atom. The van der Waals surface area contributed by atoms with Crippen LogP contribution in [0.1, 0.15) is 44.1 Å². The molecule has 4 nitrogen and oxygen atoms in total. The number of carbonyl (C=O) groups is 2. The molecule has 1 saturated heterocycles. The number of hydrogen-bond donors (Lipinski definition) is 1. The van der Waals surface area contributed by atoms with E-state index < -0.39 is 23.6 Å². The van der Waals surface area contributed by atoms with Crippen LogP contribution in [0.4, 0.5) is 18.9 Å². The van der Waals surface area contributed by atoms with Gasteiger partial charge in [-0.3, -0.25) is 9.59 Å². The quantitative estimate of drug-likeness (QED) is 0.845. The molecule has 8 heteroatoms. The molecule has 1 saturated carbocycles. The molecule has 26 heavy (non-hydrogen) atoms. The van der Waals surface area contributed by atoms with E-state index in [1.807, 2.05) is 0 Å². The lowest BCUT2D eigenvalue weighted by atomic mass is 9.95. The van der Waals surface area contributed by atoms with Gasteiger partial charge in [-0.2, -0.15) is 13.2 Å². The molecule has 2 aliphatic rings. The normalized spacial score (nSPS) is 21.9. The van der Waals surface area contributed by atoms with Crippen molar-refractivity contribution in [2.24, 2.45) is 5.92 Å². The molecule has 1 heterocycles. The monoisotopic (exact) mass is 388 g/mol. The van der Waals surface area contributed by atoms with Crippen LogP contribution in [0.15, 0.2) is 18.2 Å². The largest absolute Gasteiger partial charge is 0.418 e. The first kappa shape index (κ1) is 19.0. The number of nitrogens with one attached hydrogen (secondary N) is 1. The number of rotatable bonds is 3. The molecule has 1 aliphatic carbocycles. The van der Waals surface area contributed by atoms with Gasteiger partial charge in [0.1, 0.15) is 0 Å². The number of amides is 2. The molecular weight excluding hydrogens is 369 g/mol. The van der Waals surface area contributed by atoms with Gasteiger partial charge in [-0.05, 0) is 31.0 Å². The predicted molar refractivity (Wildman–Crippen MR) is 91.9 cm³/mol. The number of carbonyl (C=O) groups excluding carboxylic acids is 2. The minimum absolute atomic E-state index is 0.0535. The standard InChI is InChI=1S/C18H20ClF3N2O2/c19-12-6-7-15(14(9-12)18(20,21)22)24-10-11(8-16(24)25)17(26)23-13-4-2-1-3-5-13/h6-7,9,11,13H,1-5,8,10H2,(H,23,26). The van der Waals surface area contributed by atoms with E-state index in [2.05, 4.69) is 5.32 Å². The molecule has 1 atom stereocenters. The molecule has 142 valence electrons. The van der Waals surface area contributed by atoms with Gasteiger partial charge in [0.25, 0.3) is 0 Å². The van der Waals surface area contributed by atoms with Gasteiger partial charge in [0.05, 0.1) is 17.2 Å². The van der Waals surface area contributed by atoms with Crippen LogP contribution in [0.3, 0.4) is 0 Å². The smallest absolute Gasteiger partial charge is 0.353 e. The van der Waals surface area contributed by atoms with Crippen molar-refractivity contribution < 1.29 is 22.8 Å². The van der Waals surface area contributed by atoms with Gasteiger partial charge in [0.15, 0.2) is 0 Å². The van der Waals surface area contributed by atoms with Crippen LogP contribution >= 0.6 is 11.6 Å². The lowest BCUT2D eigenvalue weighted by Crippen LogP contribution is -2.40. The van der Waals surface area contributed by atoms with Gasteiger partial charge in [-0.1, -0.05) is 30.9 Å². The van der Waals surface area contributed by atoms with Crippen molar-refractivity contribution in [2.45, 2.75) is 50.7 Å². The van der Waals surface area contributed by atoms with E-state index in [0.29, 0.717) is 0 Å². The Hall–Kier alpha value is -1.76. The van der Waals surface area contributed by atoms with Gasteiger partial charge in [-0.25, -0.2) is 0 Å². The molecule has 0 bridgehead atoms. The maximum Gasteiger partial charge on any atom is 0.418 e. The van der Waals surface area contributed by atoms with Crippen LogP contribution in [0.5, 0.6) is 0 Å². The van der Waals surface area contributed by atoms with Crippen molar-refractivity contribution in [1.82, 2.24) is 5.32 Å². The maximum absolute atomic E-state index is 13.3. The Morgan fingerprint density at radius 3 is 2.54 bits per heavy atom. The Balaban J connectivity index is 1.75. The lowest BCUT2D eigenvalue weighted by Gasteiger charge is -2.25. The van der Waals surface area contributed by atoms with Crippen molar-refractivity contribution in [1.29, 1.82) is 0 Å². The fraction of sp³-hybridized carbons (Fsp3) is 0.556. The van der Waals surface area contributed by atoms with Crippen LogP contribution in [0.2, 0.25) is 5.02 Å². The first-order chi connectivity index (χ1) is 12.3. The molecule has 1 unspecified atom stereocenters. The Bertz CT molecular complexity index is 702. The van der Waals surface area contributed by atoms with Gasteiger partial charge < -0.3 is 10.2 Å². The number of hydrogen-bond acceptors (Lipinski definition) is 2. The van der Waals surface area contributed by atoms with Crippen molar-refractivity contribution in [3.8, 4) is 0 Å². The highest BCUT2D eigenvalue weighted by Gasteiger charge is 2.41. The molecule has 1 aliphatic heterocycles. The topological polar surface area (TPSA) is 49.4 Å². The first-order valence-electron chi connectivity index (χ1n) is 8.73. The summed E-state index contributed by atoms with van der Waals surface area (Å²) in [6.07, 6.45) is 0.359. The Kier molecular flexibility index (Phi) is 5.46. The summed E-state index contributed by atoms with van der Waals surface area (Å²) < 4.78 is 39.9. The lowest BCUT2D eigenvalue weighted by molar-refractivity contribution is -0.137. The summed E-state index contributed by atoms with van der Waals surface area (Å²) in [5.41, 5.74) is -1.22. The zero-order valence-electron chi connectivity index (χ0n) is 14.1. The van der Waals surface area contributed by atoms with Crippen LogP contribution in [0.25, 0.3) is 0 Å². The molecule has 0 radical (unpaired) electrons. The fourth-order valence-corrected chi connectivity index (χ4v) is 3.82. The molecule has 1 N–H and O–H groups in total. The van der Waals surface area contributed by atoms with Crippen molar-refractivity contribution in [2.75, 3.05) is 11.4 Å². The summed E-state index contributed by atoms with van der Waals surface area (Å²) >= 11 is 5.69. The highest BCUT2D eigenvalue weighted by molar-refractivity contribution is 6.30. The Morgan fingerprint density at radius 2 is 1.88 bits per heavy atom. The Labute approximate surface area is 154 Å². The van der Waals surface area contributed by atoms with Crippen molar-refractivity contribution in [3.63, 3.8) is 0 Å². The zero-order chi connectivity index (χ0) is 18.9. The third-order valence-corrected chi connectivity index (χ3v) is 5.24. The summed E-state index contributed by atoms with van der Waals surface area (Å²) in [5.74, 6) is -1.38. The number of anilines is 1. The first-order valence-corrected chi connectivity index (χ1v) is 9.11. The summed E-state index contributed by atoms with van der Waals surface area (Å²) in [4.78, 5) is 25.8. The van der Waals surface area contributed by atoms with Gasteiger partial charge in [-0.15, -0.1) is 0 Å². The zero-order valence-corrected chi connectivity index (χ0v) is 14.9. The van der Waals surface area contributed by atoms with Crippen LogP contribution < -0.4 is 10.2 Å². The minimum Gasteiger partial charge on any atom is -0.353 e. The second-order valence-corrected chi connectivity index (χ2v) is 7.34. The number of nitrogens with zero attached hydrogens (tertiary/aromatic N) is 1. The molecule has 0 spiro atoms. The highest BCUT2D eigenvalue weighted by atomic mass is 35.5. The van der Waals surface area contributed by atoms with Crippen LogP contribution in [0, 0.1) is 5.92 Å². The van der Waals surface area contributed by atoms with Gasteiger partial charge in [0, 0.05) is 24.0 Å². The summed E-state index contributed by atoms with van der Waals surface area (Å²) in [6.45, 7) is -0.0535. The van der Waals surface area contributed by atoms with Crippen LogP contribution in [-0.4, -0.2) is 24.4 Å². The van der Waals surface area contributed by atoms with E-state index in [9.17, 15) is 22.8 Å². The molecule has 2 amide bonds. The SMILES string of the molecule is O=C(NC1CCCCC1)C1CC(=O)N(c2ccc(Cl)cc2C(F)(F)F)C1. The van der Waals surface area contributed by atoms with E-state index in [1.54, 1.807) is 0 Å². The van der Waals surface area contributed by atoms with Gasteiger partial charge >= 0.3 is 6.18 Å². The minimum atomic E-state index is -4.64. The molecule has 1 aromatic carbocycles. The second kappa shape index (κ2) is 7.47. The number of alkyl halides is 3. The van der Waals surface area contributed by atoms with E-state index in [-0.39, 0.29) is 35.6 Å². The average Bonchev–Trinajstić information content (AvgIpc) is 2.97. The van der Waals surface area contributed by atoms with Gasteiger partial charge in [0.2, 0.25) is 11.8 Å². The number of benzene rings is 1. The molecule has 2 fully saturated rings. The average molecular weight is 389 g/mol. The van der Waals surface area contributed by atoms with Crippen molar-refractivity contribution >= 4 is 29.1 Å². The summed E-state index contributed by atoms with van der Waals surface area (Å²) in [6, 6.07) is 3.40. The summed E-state index contributed by atoms with van der Waals surface area (Å²) in [5, 5.41) is 2.89. The highest BCUT2D eigenvalue weighted by Crippen LogP contribution is 2.40. The maximum atomic E-state index is 13.3. The van der Waals surface area contributed by atoms with E-state index in [1.165, 1.54) is 12.1 Å². The molecular formula is C18H20ClF3N2O2. The van der Waals surface area contributed by atoms with E-state index in [4.69, 9.17) is 11.6 Å². The predicted octanol–water partition coefficient (Wildman–Crippen LogP) is 4.16. The second-order valence-electron chi connectivity index (χ2n) is 6.91. The van der Waals surface area contributed by atoms with E-state index >= 15 is 0 Å². The molecule has 1 aromatic rings. The molecule has 0 aromatic heterocycles. The van der Waals surface area contributed by atoms with Crippen molar-refractivity contribution in [3.05, 3.63) is 28.8 Å². The third kappa shape index (κ3) is 4.14.